The summed E-state index contributed by atoms with van der Waals surface area (Å²) in [7, 11) is 0. The zero-order chi connectivity index (χ0) is 13.4. The van der Waals surface area contributed by atoms with E-state index in [1.54, 1.807) is 0 Å². The molecule has 3 aliphatic carbocycles. The van der Waals surface area contributed by atoms with Gasteiger partial charge in [0.05, 0.1) is 0 Å². The molecule has 4 aliphatic rings. The lowest BCUT2D eigenvalue weighted by Crippen LogP contribution is -2.54. The number of likely N-dealkylation sites (tertiary alicyclic amines) is 1. The second-order valence-corrected chi connectivity index (χ2v) is 8.16. The molecule has 3 heteroatoms. The maximum absolute atomic E-state index is 12.8. The number of piperidine rings is 1. The second kappa shape index (κ2) is 3.75. The van der Waals surface area contributed by atoms with Gasteiger partial charge in [-0.1, -0.05) is 13.8 Å². The van der Waals surface area contributed by atoms with Crippen molar-refractivity contribution >= 4 is 5.91 Å². The van der Waals surface area contributed by atoms with Crippen molar-refractivity contribution in [1.29, 1.82) is 0 Å². The Morgan fingerprint density at radius 1 is 1.16 bits per heavy atom. The normalized spacial score (nSPS) is 50.2. The van der Waals surface area contributed by atoms with Crippen LogP contribution in [0.4, 0.5) is 0 Å². The fraction of sp³-hybridized carbons (Fsp3) is 0.938. The lowest BCUT2D eigenvalue weighted by atomic mass is 9.79. The first-order valence-electron chi connectivity index (χ1n) is 8.03. The number of carbonyl (C=O) groups is 1. The molecule has 0 aromatic rings. The first-order chi connectivity index (χ1) is 8.99. The predicted molar refractivity (Wildman–Crippen MR) is 74.3 cm³/mol. The van der Waals surface area contributed by atoms with Gasteiger partial charge in [0, 0.05) is 25.0 Å². The van der Waals surface area contributed by atoms with Crippen LogP contribution in [0.15, 0.2) is 0 Å². The highest BCUT2D eigenvalue weighted by Gasteiger charge is 2.68. The molecule has 1 heterocycles. The van der Waals surface area contributed by atoms with Crippen molar-refractivity contribution in [3.63, 3.8) is 0 Å². The monoisotopic (exact) mass is 262 g/mol. The van der Waals surface area contributed by atoms with E-state index < -0.39 is 0 Å². The first-order valence-corrected chi connectivity index (χ1v) is 8.03. The van der Waals surface area contributed by atoms with E-state index in [-0.39, 0.29) is 11.5 Å². The number of carbonyl (C=O) groups excluding carboxylic acids is 1. The van der Waals surface area contributed by atoms with E-state index in [9.17, 15) is 4.79 Å². The summed E-state index contributed by atoms with van der Waals surface area (Å²) in [5.41, 5.74) is 6.25. The van der Waals surface area contributed by atoms with E-state index in [4.69, 9.17) is 5.73 Å². The molecule has 5 atom stereocenters. The van der Waals surface area contributed by atoms with Crippen LogP contribution in [-0.4, -0.2) is 29.9 Å². The van der Waals surface area contributed by atoms with Crippen LogP contribution in [0, 0.1) is 35.0 Å². The van der Waals surface area contributed by atoms with Gasteiger partial charge < -0.3 is 10.6 Å². The molecule has 19 heavy (non-hydrogen) atoms. The number of amides is 1. The Morgan fingerprint density at radius 2 is 1.79 bits per heavy atom. The van der Waals surface area contributed by atoms with Crippen LogP contribution >= 0.6 is 0 Å². The Bertz CT molecular complexity index is 403. The zero-order valence-corrected chi connectivity index (χ0v) is 12.1. The van der Waals surface area contributed by atoms with Crippen LogP contribution in [0.3, 0.4) is 0 Å². The van der Waals surface area contributed by atoms with Crippen molar-refractivity contribution in [2.45, 2.75) is 45.6 Å². The topological polar surface area (TPSA) is 46.3 Å². The van der Waals surface area contributed by atoms with Crippen LogP contribution in [0.25, 0.3) is 0 Å². The maximum Gasteiger partial charge on any atom is 0.226 e. The fourth-order valence-electron chi connectivity index (χ4n) is 5.43. The molecule has 1 amide bonds. The highest BCUT2D eigenvalue weighted by Crippen LogP contribution is 2.69. The molecule has 2 N–H and O–H groups in total. The largest absolute Gasteiger partial charge is 0.342 e. The molecular formula is C16H26N2O. The number of fused-ring (bicyclic) bond motifs is 5. The van der Waals surface area contributed by atoms with E-state index in [0.717, 1.165) is 43.2 Å². The van der Waals surface area contributed by atoms with E-state index in [1.807, 2.05) is 0 Å². The van der Waals surface area contributed by atoms with Crippen LogP contribution < -0.4 is 5.73 Å². The van der Waals surface area contributed by atoms with E-state index in [1.165, 1.54) is 19.3 Å². The summed E-state index contributed by atoms with van der Waals surface area (Å²) in [5, 5.41) is 0. The molecule has 3 saturated carbocycles. The Morgan fingerprint density at radius 3 is 2.37 bits per heavy atom. The Hall–Kier alpha value is -0.570. The average molecular weight is 262 g/mol. The van der Waals surface area contributed by atoms with Gasteiger partial charge in [-0.25, -0.2) is 0 Å². The van der Waals surface area contributed by atoms with Crippen LogP contribution in [0.1, 0.15) is 39.5 Å². The molecule has 106 valence electrons. The van der Waals surface area contributed by atoms with Gasteiger partial charge in [0.2, 0.25) is 5.91 Å². The number of hydrogen-bond acceptors (Lipinski definition) is 2. The van der Waals surface area contributed by atoms with Gasteiger partial charge in [-0.3, -0.25) is 4.79 Å². The average Bonchev–Trinajstić information content (AvgIpc) is 2.79. The molecule has 4 fully saturated rings. The Kier molecular flexibility index (Phi) is 2.41. The Labute approximate surface area is 115 Å². The zero-order valence-electron chi connectivity index (χ0n) is 12.1. The molecule has 0 aromatic carbocycles. The SMILES string of the molecule is CC1(C)CN(C(=O)C2C3C4CCC(C4)C23)CCC1N. The van der Waals surface area contributed by atoms with Crippen LogP contribution in [-0.2, 0) is 4.79 Å². The van der Waals surface area contributed by atoms with E-state index >= 15 is 0 Å². The van der Waals surface area contributed by atoms with Crippen molar-refractivity contribution in [2.24, 2.45) is 40.7 Å². The first kappa shape index (κ1) is 12.2. The van der Waals surface area contributed by atoms with Gasteiger partial charge in [-0.2, -0.15) is 0 Å². The van der Waals surface area contributed by atoms with Gasteiger partial charge >= 0.3 is 0 Å². The van der Waals surface area contributed by atoms with Crippen molar-refractivity contribution in [3.8, 4) is 0 Å². The third kappa shape index (κ3) is 1.63. The van der Waals surface area contributed by atoms with Crippen LogP contribution in [0.5, 0.6) is 0 Å². The van der Waals surface area contributed by atoms with Gasteiger partial charge in [0.15, 0.2) is 0 Å². The minimum atomic E-state index is 0.0803. The Balaban J connectivity index is 1.45. The number of nitrogens with two attached hydrogens (primary N) is 1. The van der Waals surface area contributed by atoms with Crippen molar-refractivity contribution < 1.29 is 4.79 Å². The molecule has 0 spiro atoms. The quantitative estimate of drug-likeness (QED) is 0.784. The summed E-state index contributed by atoms with van der Waals surface area (Å²) in [6.07, 6.45) is 5.18. The molecule has 1 saturated heterocycles. The molecule has 4 rings (SSSR count). The number of rotatable bonds is 1. The summed E-state index contributed by atoms with van der Waals surface area (Å²) >= 11 is 0. The minimum absolute atomic E-state index is 0.0803. The maximum atomic E-state index is 12.8. The minimum Gasteiger partial charge on any atom is -0.342 e. The number of hydrogen-bond donors (Lipinski definition) is 1. The smallest absolute Gasteiger partial charge is 0.226 e. The number of nitrogens with zero attached hydrogens (tertiary/aromatic N) is 1. The van der Waals surface area contributed by atoms with E-state index in [2.05, 4.69) is 18.7 Å². The molecule has 3 nitrogen and oxygen atoms in total. The fourth-order valence-corrected chi connectivity index (χ4v) is 5.43. The van der Waals surface area contributed by atoms with Crippen LogP contribution in [0.2, 0.25) is 0 Å². The van der Waals surface area contributed by atoms with Gasteiger partial charge in [0.1, 0.15) is 0 Å². The highest BCUT2D eigenvalue weighted by molar-refractivity contribution is 5.83. The van der Waals surface area contributed by atoms with Gasteiger partial charge in [0.25, 0.3) is 0 Å². The summed E-state index contributed by atoms with van der Waals surface area (Å²) in [5.74, 6) is 4.19. The summed E-state index contributed by atoms with van der Waals surface area (Å²) in [6.45, 7) is 6.15. The molecule has 1 aliphatic heterocycles. The standard InChI is InChI=1S/C16H26N2O/c1-16(2)8-18(6-5-11(16)17)15(19)14-12-9-3-4-10(7-9)13(12)14/h9-14H,3-8,17H2,1-2H3. The third-order valence-electron chi connectivity index (χ3n) is 6.64. The highest BCUT2D eigenvalue weighted by atomic mass is 16.2. The summed E-state index contributed by atoms with van der Waals surface area (Å²) < 4.78 is 0. The van der Waals surface area contributed by atoms with Gasteiger partial charge in [-0.15, -0.1) is 0 Å². The lowest BCUT2D eigenvalue weighted by molar-refractivity contribution is -0.137. The van der Waals surface area contributed by atoms with Crippen molar-refractivity contribution in [1.82, 2.24) is 4.90 Å². The van der Waals surface area contributed by atoms with Crippen molar-refractivity contribution in [2.75, 3.05) is 13.1 Å². The van der Waals surface area contributed by atoms with Gasteiger partial charge in [-0.05, 0) is 54.8 Å². The molecular weight excluding hydrogens is 236 g/mol. The summed E-state index contributed by atoms with van der Waals surface area (Å²) in [4.78, 5) is 14.9. The molecule has 2 bridgehead atoms. The third-order valence-corrected chi connectivity index (χ3v) is 6.64. The second-order valence-electron chi connectivity index (χ2n) is 8.16. The summed E-state index contributed by atoms with van der Waals surface area (Å²) in [6, 6.07) is 0.242. The predicted octanol–water partition coefficient (Wildman–Crippen LogP) is 1.86. The van der Waals surface area contributed by atoms with E-state index in [0.29, 0.717) is 11.8 Å². The lowest BCUT2D eigenvalue weighted by Gasteiger charge is -2.43. The molecule has 0 radical (unpaired) electrons. The molecule has 0 aromatic heterocycles. The van der Waals surface area contributed by atoms with Crippen molar-refractivity contribution in [3.05, 3.63) is 0 Å². The molecule has 5 unspecified atom stereocenters.